The molecule has 92 valence electrons. The Morgan fingerprint density at radius 1 is 1.35 bits per heavy atom. The lowest BCUT2D eigenvalue weighted by Crippen LogP contribution is -2.50. The van der Waals surface area contributed by atoms with E-state index in [2.05, 4.69) is 5.32 Å². The standard InChI is InChI=1S/C12H14ClNO3/c13-9-3-1-2-4-10(9)14-12(11(15)16)5-7-17-8-6-12/h1-4,14H,5-8H2,(H,15,16). The summed E-state index contributed by atoms with van der Waals surface area (Å²) in [4.78, 5) is 11.4. The minimum Gasteiger partial charge on any atom is -0.480 e. The van der Waals surface area contributed by atoms with Gasteiger partial charge in [0, 0.05) is 26.1 Å². The molecule has 1 aromatic rings. The van der Waals surface area contributed by atoms with Crippen molar-refractivity contribution in [2.24, 2.45) is 0 Å². The first-order chi connectivity index (χ1) is 8.14. The molecule has 1 fully saturated rings. The molecule has 5 heteroatoms. The minimum absolute atomic E-state index is 0.438. The maximum absolute atomic E-state index is 11.4. The van der Waals surface area contributed by atoms with Crippen LogP contribution in [0.5, 0.6) is 0 Å². The Morgan fingerprint density at radius 3 is 2.59 bits per heavy atom. The SMILES string of the molecule is O=C(O)C1(Nc2ccccc2Cl)CCOCC1. The van der Waals surface area contributed by atoms with Crippen molar-refractivity contribution in [1.29, 1.82) is 0 Å². The number of benzene rings is 1. The zero-order valence-corrected chi connectivity index (χ0v) is 10.0. The molecule has 1 saturated heterocycles. The highest BCUT2D eigenvalue weighted by atomic mass is 35.5. The highest BCUT2D eigenvalue weighted by molar-refractivity contribution is 6.33. The first-order valence-corrected chi connectivity index (χ1v) is 5.86. The fourth-order valence-electron chi connectivity index (χ4n) is 1.93. The number of carboxylic acid groups (broad SMARTS) is 1. The Balaban J connectivity index is 2.24. The third kappa shape index (κ3) is 2.53. The first kappa shape index (κ1) is 12.2. The van der Waals surface area contributed by atoms with E-state index in [-0.39, 0.29) is 0 Å². The van der Waals surface area contributed by atoms with Gasteiger partial charge in [0.1, 0.15) is 5.54 Å². The van der Waals surface area contributed by atoms with Crippen molar-refractivity contribution in [3.05, 3.63) is 29.3 Å². The summed E-state index contributed by atoms with van der Waals surface area (Å²) in [6, 6.07) is 7.15. The predicted octanol–water partition coefficient (Wildman–Crippen LogP) is 2.39. The molecule has 2 N–H and O–H groups in total. The van der Waals surface area contributed by atoms with Crippen molar-refractivity contribution in [1.82, 2.24) is 0 Å². The van der Waals surface area contributed by atoms with E-state index in [0.29, 0.717) is 36.8 Å². The van der Waals surface area contributed by atoms with Gasteiger partial charge in [-0.15, -0.1) is 0 Å². The molecule has 4 nitrogen and oxygen atoms in total. The number of nitrogens with one attached hydrogen (secondary N) is 1. The first-order valence-electron chi connectivity index (χ1n) is 5.48. The molecule has 17 heavy (non-hydrogen) atoms. The summed E-state index contributed by atoms with van der Waals surface area (Å²) in [5.74, 6) is -0.860. The lowest BCUT2D eigenvalue weighted by Gasteiger charge is -2.35. The average Bonchev–Trinajstić information content (AvgIpc) is 2.33. The minimum atomic E-state index is -0.969. The zero-order valence-electron chi connectivity index (χ0n) is 9.28. The summed E-state index contributed by atoms with van der Waals surface area (Å²) in [7, 11) is 0. The molecular formula is C12H14ClNO3. The molecule has 0 spiro atoms. The van der Waals surface area contributed by atoms with Crippen molar-refractivity contribution >= 4 is 23.3 Å². The fourth-order valence-corrected chi connectivity index (χ4v) is 2.12. The van der Waals surface area contributed by atoms with Gasteiger partial charge >= 0.3 is 5.97 Å². The van der Waals surface area contributed by atoms with Crippen molar-refractivity contribution < 1.29 is 14.6 Å². The molecular weight excluding hydrogens is 242 g/mol. The van der Waals surface area contributed by atoms with Crippen molar-refractivity contribution in [3.63, 3.8) is 0 Å². The van der Waals surface area contributed by atoms with E-state index in [1.807, 2.05) is 12.1 Å². The van der Waals surface area contributed by atoms with Gasteiger partial charge in [0.2, 0.25) is 0 Å². The Bertz CT molecular complexity index is 416. The van der Waals surface area contributed by atoms with E-state index in [0.717, 1.165) is 0 Å². The average molecular weight is 256 g/mol. The number of aliphatic carboxylic acids is 1. The summed E-state index contributed by atoms with van der Waals surface area (Å²) < 4.78 is 5.21. The van der Waals surface area contributed by atoms with E-state index >= 15 is 0 Å². The Kier molecular flexibility index (Phi) is 3.54. The van der Waals surface area contributed by atoms with Crippen LogP contribution in [-0.2, 0) is 9.53 Å². The third-order valence-corrected chi connectivity index (χ3v) is 3.33. The van der Waals surface area contributed by atoms with Crippen LogP contribution in [0, 0.1) is 0 Å². The van der Waals surface area contributed by atoms with Gasteiger partial charge in [-0.3, -0.25) is 0 Å². The molecule has 1 heterocycles. The Hall–Kier alpha value is -1.26. The highest BCUT2D eigenvalue weighted by Gasteiger charge is 2.40. The number of halogens is 1. The Labute approximate surface area is 105 Å². The normalized spacial score (nSPS) is 18.6. The number of rotatable bonds is 3. The number of hydrogen-bond donors (Lipinski definition) is 2. The summed E-state index contributed by atoms with van der Waals surface area (Å²) in [6.07, 6.45) is 0.876. The van der Waals surface area contributed by atoms with Gasteiger partial charge in [0.25, 0.3) is 0 Å². The van der Waals surface area contributed by atoms with Gasteiger partial charge in [-0.25, -0.2) is 4.79 Å². The summed E-state index contributed by atoms with van der Waals surface area (Å²) >= 11 is 6.02. The molecule has 0 atom stereocenters. The van der Waals surface area contributed by atoms with Crippen LogP contribution < -0.4 is 5.32 Å². The van der Waals surface area contributed by atoms with Crippen LogP contribution in [0.25, 0.3) is 0 Å². The van der Waals surface area contributed by atoms with E-state index in [9.17, 15) is 9.90 Å². The maximum atomic E-state index is 11.4. The fraction of sp³-hybridized carbons (Fsp3) is 0.417. The smallest absolute Gasteiger partial charge is 0.329 e. The van der Waals surface area contributed by atoms with Crippen LogP contribution in [0.3, 0.4) is 0 Å². The second kappa shape index (κ2) is 4.94. The number of para-hydroxylation sites is 1. The van der Waals surface area contributed by atoms with E-state index in [1.54, 1.807) is 12.1 Å². The van der Waals surface area contributed by atoms with Crippen LogP contribution in [0.4, 0.5) is 5.69 Å². The lowest BCUT2D eigenvalue weighted by atomic mass is 9.90. The lowest BCUT2D eigenvalue weighted by molar-refractivity contribution is -0.145. The molecule has 0 radical (unpaired) electrons. The van der Waals surface area contributed by atoms with Crippen molar-refractivity contribution in [2.75, 3.05) is 18.5 Å². The number of carbonyl (C=O) groups is 1. The molecule has 0 bridgehead atoms. The molecule has 0 unspecified atom stereocenters. The van der Waals surface area contributed by atoms with Gasteiger partial charge in [-0.1, -0.05) is 23.7 Å². The summed E-state index contributed by atoms with van der Waals surface area (Å²) in [5, 5.41) is 13.0. The van der Waals surface area contributed by atoms with Gasteiger partial charge in [-0.2, -0.15) is 0 Å². The monoisotopic (exact) mass is 255 g/mol. The van der Waals surface area contributed by atoms with E-state index in [4.69, 9.17) is 16.3 Å². The molecule has 0 aromatic heterocycles. The molecule has 1 aliphatic rings. The van der Waals surface area contributed by atoms with E-state index < -0.39 is 11.5 Å². The van der Waals surface area contributed by atoms with Crippen molar-refractivity contribution in [2.45, 2.75) is 18.4 Å². The second-order valence-electron chi connectivity index (χ2n) is 4.10. The predicted molar refractivity (Wildman–Crippen MR) is 65.5 cm³/mol. The van der Waals surface area contributed by atoms with Gasteiger partial charge < -0.3 is 15.2 Å². The second-order valence-corrected chi connectivity index (χ2v) is 4.51. The molecule has 2 rings (SSSR count). The van der Waals surface area contributed by atoms with Crippen LogP contribution >= 0.6 is 11.6 Å². The number of carboxylic acids is 1. The topological polar surface area (TPSA) is 58.6 Å². The largest absolute Gasteiger partial charge is 0.480 e. The highest BCUT2D eigenvalue weighted by Crippen LogP contribution is 2.30. The van der Waals surface area contributed by atoms with Gasteiger partial charge in [0.05, 0.1) is 10.7 Å². The number of hydrogen-bond acceptors (Lipinski definition) is 3. The molecule has 0 saturated carbocycles. The molecule has 0 aliphatic carbocycles. The summed E-state index contributed by atoms with van der Waals surface area (Å²) in [6.45, 7) is 0.896. The zero-order chi connectivity index (χ0) is 12.3. The van der Waals surface area contributed by atoms with Crippen LogP contribution in [0.2, 0.25) is 5.02 Å². The Morgan fingerprint density at radius 2 is 2.00 bits per heavy atom. The third-order valence-electron chi connectivity index (χ3n) is 3.00. The van der Waals surface area contributed by atoms with Gasteiger partial charge in [0.15, 0.2) is 0 Å². The van der Waals surface area contributed by atoms with Gasteiger partial charge in [-0.05, 0) is 12.1 Å². The quantitative estimate of drug-likeness (QED) is 0.871. The molecule has 1 aromatic carbocycles. The van der Waals surface area contributed by atoms with Crippen LogP contribution in [0.1, 0.15) is 12.8 Å². The summed E-state index contributed by atoms with van der Waals surface area (Å²) in [5.41, 5.74) is -0.318. The molecule has 1 aliphatic heterocycles. The number of ether oxygens (including phenoxy) is 1. The maximum Gasteiger partial charge on any atom is 0.329 e. The van der Waals surface area contributed by atoms with E-state index in [1.165, 1.54) is 0 Å². The molecule has 0 amide bonds. The number of anilines is 1. The van der Waals surface area contributed by atoms with Crippen molar-refractivity contribution in [3.8, 4) is 0 Å². The van der Waals surface area contributed by atoms with Crippen LogP contribution in [0.15, 0.2) is 24.3 Å². The van der Waals surface area contributed by atoms with Crippen LogP contribution in [-0.4, -0.2) is 29.8 Å².